The smallest absolute Gasteiger partial charge is 0.303 e. The zero-order valence-corrected chi connectivity index (χ0v) is 12.2. The fourth-order valence-corrected chi connectivity index (χ4v) is 1.82. The maximum absolute atomic E-state index is 11.7. The zero-order chi connectivity index (χ0) is 15.8. The molecule has 0 atom stereocenters. The third kappa shape index (κ3) is 5.64. The molecule has 0 unspecified atom stereocenters. The molecule has 6 nitrogen and oxygen atoms in total. The van der Waals surface area contributed by atoms with Gasteiger partial charge in [0.05, 0.1) is 0 Å². The van der Waals surface area contributed by atoms with Crippen LogP contribution >= 0.6 is 0 Å². The first-order valence-electron chi connectivity index (χ1n) is 6.84. The Morgan fingerprint density at radius 3 is 2.48 bits per heavy atom. The quantitative estimate of drug-likeness (QED) is 0.715. The van der Waals surface area contributed by atoms with Crippen molar-refractivity contribution in [3.8, 4) is 0 Å². The molecule has 21 heavy (non-hydrogen) atoms. The number of carbonyl (C=O) groups is 3. The van der Waals surface area contributed by atoms with Crippen LogP contribution in [-0.4, -0.2) is 29.4 Å². The summed E-state index contributed by atoms with van der Waals surface area (Å²) < 4.78 is 0. The number of carbonyl (C=O) groups excluding carboxylic acids is 2. The second-order valence-corrected chi connectivity index (χ2v) is 4.68. The van der Waals surface area contributed by atoms with Crippen LogP contribution in [0.1, 0.15) is 42.1 Å². The number of carboxylic acid groups (broad SMARTS) is 1. The van der Waals surface area contributed by atoms with Gasteiger partial charge in [0, 0.05) is 30.6 Å². The number of anilines is 1. The van der Waals surface area contributed by atoms with Crippen LogP contribution in [0.4, 0.5) is 5.69 Å². The minimum absolute atomic E-state index is 0.0253. The maximum Gasteiger partial charge on any atom is 0.303 e. The number of benzene rings is 1. The van der Waals surface area contributed by atoms with E-state index in [1.165, 1.54) is 0 Å². The molecule has 1 rings (SSSR count). The fraction of sp³-hybridized carbons (Fsp3) is 0.400. The first-order valence-corrected chi connectivity index (χ1v) is 6.84. The summed E-state index contributed by atoms with van der Waals surface area (Å²) in [5, 5.41) is 13.9. The predicted octanol–water partition coefficient (Wildman–Crippen LogP) is 1.94. The second kappa shape index (κ2) is 8.04. The SMILES string of the molecule is CCNC(=O)c1ccc(NC(=O)CCCC(=O)O)c(C)c1. The molecule has 0 aliphatic heterocycles. The topological polar surface area (TPSA) is 95.5 Å². The summed E-state index contributed by atoms with van der Waals surface area (Å²) >= 11 is 0. The molecule has 0 saturated carbocycles. The molecule has 6 heteroatoms. The molecule has 0 fully saturated rings. The Kier molecular flexibility index (Phi) is 6.39. The molecular formula is C15H20N2O4. The average Bonchev–Trinajstić information content (AvgIpc) is 2.41. The summed E-state index contributed by atoms with van der Waals surface area (Å²) in [6.45, 7) is 4.20. The molecule has 0 spiro atoms. The van der Waals surface area contributed by atoms with Crippen LogP contribution in [-0.2, 0) is 9.59 Å². The summed E-state index contributed by atoms with van der Waals surface area (Å²) in [7, 11) is 0. The molecule has 0 aliphatic rings. The minimum atomic E-state index is -0.912. The lowest BCUT2D eigenvalue weighted by Crippen LogP contribution is -2.22. The molecule has 3 N–H and O–H groups in total. The van der Waals surface area contributed by atoms with Gasteiger partial charge in [-0.05, 0) is 44.0 Å². The van der Waals surface area contributed by atoms with Crippen LogP contribution in [0.2, 0.25) is 0 Å². The number of hydrogen-bond acceptors (Lipinski definition) is 3. The van der Waals surface area contributed by atoms with Gasteiger partial charge < -0.3 is 15.7 Å². The number of hydrogen-bond donors (Lipinski definition) is 3. The van der Waals surface area contributed by atoms with Crippen molar-refractivity contribution in [3.05, 3.63) is 29.3 Å². The van der Waals surface area contributed by atoms with Gasteiger partial charge in [-0.3, -0.25) is 14.4 Å². The van der Waals surface area contributed by atoms with E-state index in [4.69, 9.17) is 5.11 Å². The van der Waals surface area contributed by atoms with Crippen molar-refractivity contribution < 1.29 is 19.5 Å². The van der Waals surface area contributed by atoms with Gasteiger partial charge in [0.15, 0.2) is 0 Å². The van der Waals surface area contributed by atoms with E-state index in [2.05, 4.69) is 10.6 Å². The Bertz CT molecular complexity index is 540. The van der Waals surface area contributed by atoms with Crippen LogP contribution in [0.5, 0.6) is 0 Å². The number of nitrogens with one attached hydrogen (secondary N) is 2. The van der Waals surface area contributed by atoms with E-state index in [9.17, 15) is 14.4 Å². The molecule has 0 heterocycles. The number of aliphatic carboxylic acids is 1. The van der Waals surface area contributed by atoms with Gasteiger partial charge in [-0.1, -0.05) is 0 Å². The van der Waals surface area contributed by atoms with Gasteiger partial charge in [0.1, 0.15) is 0 Å². The molecule has 1 aromatic rings. The van der Waals surface area contributed by atoms with Crippen molar-refractivity contribution in [2.24, 2.45) is 0 Å². The van der Waals surface area contributed by atoms with Crippen molar-refractivity contribution in [3.63, 3.8) is 0 Å². The highest BCUT2D eigenvalue weighted by Crippen LogP contribution is 2.17. The molecule has 114 valence electrons. The van der Waals surface area contributed by atoms with Gasteiger partial charge in [-0.25, -0.2) is 0 Å². The van der Waals surface area contributed by atoms with Crippen molar-refractivity contribution >= 4 is 23.5 Å². The lowest BCUT2D eigenvalue weighted by molar-refractivity contribution is -0.137. The fourth-order valence-electron chi connectivity index (χ4n) is 1.82. The van der Waals surface area contributed by atoms with E-state index in [1.54, 1.807) is 25.1 Å². The highest BCUT2D eigenvalue weighted by atomic mass is 16.4. The Hall–Kier alpha value is -2.37. The molecule has 0 radical (unpaired) electrons. The maximum atomic E-state index is 11.7. The lowest BCUT2D eigenvalue weighted by Gasteiger charge is -2.10. The van der Waals surface area contributed by atoms with Crippen LogP contribution in [0.3, 0.4) is 0 Å². The molecule has 0 saturated heterocycles. The Balaban J connectivity index is 2.62. The van der Waals surface area contributed by atoms with Crippen molar-refractivity contribution in [2.75, 3.05) is 11.9 Å². The summed E-state index contributed by atoms with van der Waals surface area (Å²) in [4.78, 5) is 33.7. The monoisotopic (exact) mass is 292 g/mol. The standard InChI is InChI=1S/C15H20N2O4/c1-3-16-15(21)11-7-8-12(10(2)9-11)17-13(18)5-4-6-14(19)20/h7-9H,3-6H2,1-2H3,(H,16,21)(H,17,18)(H,19,20). The van der Waals surface area contributed by atoms with Crippen LogP contribution < -0.4 is 10.6 Å². The highest BCUT2D eigenvalue weighted by Gasteiger charge is 2.09. The molecule has 0 aromatic heterocycles. The van der Waals surface area contributed by atoms with E-state index in [0.29, 0.717) is 24.2 Å². The van der Waals surface area contributed by atoms with Gasteiger partial charge in [-0.15, -0.1) is 0 Å². The summed E-state index contributed by atoms with van der Waals surface area (Å²) in [5.41, 5.74) is 1.95. The minimum Gasteiger partial charge on any atom is -0.481 e. The normalized spacial score (nSPS) is 10.0. The van der Waals surface area contributed by atoms with Gasteiger partial charge in [0.2, 0.25) is 5.91 Å². The van der Waals surface area contributed by atoms with E-state index >= 15 is 0 Å². The first-order chi connectivity index (χ1) is 9.93. The number of rotatable bonds is 7. The zero-order valence-electron chi connectivity index (χ0n) is 12.2. The summed E-state index contributed by atoms with van der Waals surface area (Å²) in [6.07, 6.45) is 0.434. The first kappa shape index (κ1) is 16.7. The summed E-state index contributed by atoms with van der Waals surface area (Å²) in [5.74, 6) is -1.30. The predicted molar refractivity (Wildman–Crippen MR) is 79.3 cm³/mol. The lowest BCUT2D eigenvalue weighted by atomic mass is 10.1. The Morgan fingerprint density at radius 2 is 1.90 bits per heavy atom. The third-order valence-corrected chi connectivity index (χ3v) is 2.89. The number of carboxylic acids is 1. The number of amides is 2. The van der Waals surface area contributed by atoms with Crippen LogP contribution in [0.25, 0.3) is 0 Å². The molecule has 0 bridgehead atoms. The van der Waals surface area contributed by atoms with Crippen LogP contribution in [0.15, 0.2) is 18.2 Å². The average molecular weight is 292 g/mol. The Labute approximate surface area is 123 Å². The summed E-state index contributed by atoms with van der Waals surface area (Å²) in [6, 6.07) is 5.03. The van der Waals surface area contributed by atoms with Gasteiger partial charge in [0.25, 0.3) is 5.91 Å². The van der Waals surface area contributed by atoms with Gasteiger partial charge in [-0.2, -0.15) is 0 Å². The van der Waals surface area contributed by atoms with E-state index in [-0.39, 0.29) is 24.7 Å². The van der Waals surface area contributed by atoms with E-state index < -0.39 is 5.97 Å². The van der Waals surface area contributed by atoms with E-state index in [1.807, 2.05) is 6.92 Å². The second-order valence-electron chi connectivity index (χ2n) is 4.68. The van der Waals surface area contributed by atoms with Gasteiger partial charge >= 0.3 is 5.97 Å². The molecule has 0 aliphatic carbocycles. The van der Waals surface area contributed by atoms with Crippen molar-refractivity contribution in [2.45, 2.75) is 33.1 Å². The molecular weight excluding hydrogens is 272 g/mol. The van der Waals surface area contributed by atoms with Crippen LogP contribution in [0, 0.1) is 6.92 Å². The van der Waals surface area contributed by atoms with Crippen molar-refractivity contribution in [1.82, 2.24) is 5.32 Å². The third-order valence-electron chi connectivity index (χ3n) is 2.89. The van der Waals surface area contributed by atoms with E-state index in [0.717, 1.165) is 5.56 Å². The molecule has 2 amide bonds. The largest absolute Gasteiger partial charge is 0.481 e. The Morgan fingerprint density at radius 1 is 1.19 bits per heavy atom. The number of aryl methyl sites for hydroxylation is 1. The molecule has 1 aromatic carbocycles. The van der Waals surface area contributed by atoms with Crippen molar-refractivity contribution in [1.29, 1.82) is 0 Å². The highest BCUT2D eigenvalue weighted by molar-refractivity contribution is 5.96.